The lowest BCUT2D eigenvalue weighted by molar-refractivity contribution is -0.137. The largest absolute Gasteiger partial charge is 0.416 e. The summed E-state index contributed by atoms with van der Waals surface area (Å²) in [6.45, 7) is 3.16. The highest BCUT2D eigenvalue weighted by atomic mass is 32.1. The number of halogens is 3. The number of anilines is 1. The van der Waals surface area contributed by atoms with Crippen LogP contribution < -0.4 is 11.1 Å². The number of alkyl halides is 3. The van der Waals surface area contributed by atoms with Gasteiger partial charge >= 0.3 is 6.18 Å². The maximum absolute atomic E-state index is 12.8. The summed E-state index contributed by atoms with van der Waals surface area (Å²) in [6.07, 6.45) is -2.66. The molecule has 1 unspecified atom stereocenters. The molecule has 7 heteroatoms. The number of nitrogens with one attached hydrogen (secondary N) is 1. The van der Waals surface area contributed by atoms with Gasteiger partial charge in [0, 0.05) is 17.9 Å². The van der Waals surface area contributed by atoms with Crippen LogP contribution in [0.1, 0.15) is 30.9 Å². The Hall–Kier alpha value is -1.34. The van der Waals surface area contributed by atoms with E-state index in [4.69, 9.17) is 22.7 Å². The molecule has 0 saturated carbocycles. The molecule has 116 valence electrons. The molecule has 1 aliphatic rings. The fourth-order valence-corrected chi connectivity index (χ4v) is 2.56. The number of hydrogen-bond donors (Lipinski definition) is 2. The van der Waals surface area contributed by atoms with Gasteiger partial charge in [0.2, 0.25) is 0 Å². The first-order chi connectivity index (χ1) is 9.71. The Morgan fingerprint density at radius 3 is 2.67 bits per heavy atom. The van der Waals surface area contributed by atoms with Gasteiger partial charge in [-0.3, -0.25) is 0 Å². The Kier molecular flexibility index (Phi) is 4.43. The molecule has 1 atom stereocenters. The van der Waals surface area contributed by atoms with E-state index in [1.54, 1.807) is 0 Å². The van der Waals surface area contributed by atoms with Crippen molar-refractivity contribution in [2.24, 2.45) is 5.73 Å². The molecular formula is C14H17F3N2OS. The van der Waals surface area contributed by atoms with Gasteiger partial charge in [0.05, 0.1) is 17.7 Å². The van der Waals surface area contributed by atoms with Gasteiger partial charge in [-0.15, -0.1) is 0 Å². The molecular weight excluding hydrogens is 301 g/mol. The standard InChI is InChI=1S/C14H17F3N2OS/c1-13(5-2-6-20-8-13)19-11-4-3-9(14(15,16)17)7-10(11)12(18)21/h3-4,7,19H,2,5-6,8H2,1H3,(H2,18,21). The van der Waals surface area contributed by atoms with Crippen molar-refractivity contribution in [3.05, 3.63) is 29.3 Å². The van der Waals surface area contributed by atoms with Crippen LogP contribution in [0.2, 0.25) is 0 Å². The normalized spacial score (nSPS) is 22.9. The van der Waals surface area contributed by atoms with E-state index < -0.39 is 11.7 Å². The molecule has 3 nitrogen and oxygen atoms in total. The lowest BCUT2D eigenvalue weighted by atomic mass is 9.93. The number of thiocarbonyl (C=S) groups is 1. The number of nitrogens with two attached hydrogens (primary N) is 1. The first kappa shape index (κ1) is 16.0. The Balaban J connectivity index is 2.33. The lowest BCUT2D eigenvalue weighted by Gasteiger charge is -2.36. The minimum atomic E-state index is -4.42. The Bertz CT molecular complexity index is 540. The summed E-state index contributed by atoms with van der Waals surface area (Å²) in [5, 5.41) is 3.23. The minimum absolute atomic E-state index is 0.0658. The van der Waals surface area contributed by atoms with Crippen LogP contribution in [-0.2, 0) is 10.9 Å². The molecule has 1 heterocycles. The quantitative estimate of drug-likeness (QED) is 0.839. The second-order valence-electron chi connectivity index (χ2n) is 5.46. The van der Waals surface area contributed by atoms with Crippen molar-refractivity contribution in [3.8, 4) is 0 Å². The summed E-state index contributed by atoms with van der Waals surface area (Å²) in [5.74, 6) is 0. The van der Waals surface area contributed by atoms with Crippen LogP contribution in [0.4, 0.5) is 18.9 Å². The molecule has 1 fully saturated rings. The fraction of sp³-hybridized carbons (Fsp3) is 0.500. The van der Waals surface area contributed by atoms with Crippen molar-refractivity contribution in [1.82, 2.24) is 0 Å². The van der Waals surface area contributed by atoms with Crippen molar-refractivity contribution in [2.75, 3.05) is 18.5 Å². The average molecular weight is 318 g/mol. The van der Waals surface area contributed by atoms with E-state index in [1.165, 1.54) is 6.07 Å². The Morgan fingerprint density at radius 1 is 1.43 bits per heavy atom. The van der Waals surface area contributed by atoms with E-state index in [-0.39, 0.29) is 16.1 Å². The lowest BCUT2D eigenvalue weighted by Crippen LogP contribution is -2.43. The second kappa shape index (κ2) is 5.81. The van der Waals surface area contributed by atoms with Gasteiger partial charge in [-0.1, -0.05) is 12.2 Å². The van der Waals surface area contributed by atoms with E-state index in [1.807, 2.05) is 6.92 Å². The highest BCUT2D eigenvalue weighted by molar-refractivity contribution is 7.80. The van der Waals surface area contributed by atoms with Gasteiger partial charge < -0.3 is 15.8 Å². The Morgan fingerprint density at radius 2 is 2.14 bits per heavy atom. The zero-order valence-electron chi connectivity index (χ0n) is 11.6. The molecule has 21 heavy (non-hydrogen) atoms. The van der Waals surface area contributed by atoms with Crippen molar-refractivity contribution in [2.45, 2.75) is 31.5 Å². The molecule has 1 aromatic rings. The molecule has 0 spiro atoms. The minimum Gasteiger partial charge on any atom is -0.389 e. The van der Waals surface area contributed by atoms with Gasteiger partial charge in [0.1, 0.15) is 4.99 Å². The summed E-state index contributed by atoms with van der Waals surface area (Å²) in [4.78, 5) is -0.0658. The zero-order chi connectivity index (χ0) is 15.7. The molecule has 0 aliphatic carbocycles. The number of ether oxygens (including phenoxy) is 1. The van der Waals surface area contributed by atoms with Crippen LogP contribution in [-0.4, -0.2) is 23.7 Å². The number of rotatable bonds is 3. The van der Waals surface area contributed by atoms with E-state index in [2.05, 4.69) is 5.32 Å². The predicted molar refractivity (Wildman–Crippen MR) is 79.4 cm³/mol. The number of benzene rings is 1. The summed E-state index contributed by atoms with van der Waals surface area (Å²) >= 11 is 4.88. The first-order valence-electron chi connectivity index (χ1n) is 6.58. The monoisotopic (exact) mass is 318 g/mol. The van der Waals surface area contributed by atoms with Gasteiger partial charge in [0.25, 0.3) is 0 Å². The molecule has 0 aromatic heterocycles. The van der Waals surface area contributed by atoms with Crippen LogP contribution in [0, 0.1) is 0 Å². The topological polar surface area (TPSA) is 47.3 Å². The van der Waals surface area contributed by atoms with E-state index in [0.717, 1.165) is 25.0 Å². The van der Waals surface area contributed by atoms with Gasteiger partial charge in [-0.05, 0) is 38.0 Å². The van der Waals surface area contributed by atoms with Crippen molar-refractivity contribution in [3.63, 3.8) is 0 Å². The summed E-state index contributed by atoms with van der Waals surface area (Å²) in [7, 11) is 0. The van der Waals surface area contributed by atoms with Gasteiger partial charge in [-0.25, -0.2) is 0 Å². The zero-order valence-corrected chi connectivity index (χ0v) is 12.4. The smallest absolute Gasteiger partial charge is 0.389 e. The molecule has 2 rings (SSSR count). The van der Waals surface area contributed by atoms with Gasteiger partial charge in [0.15, 0.2) is 0 Å². The molecule has 1 aromatic carbocycles. The predicted octanol–water partition coefficient (Wildman–Crippen LogP) is 3.32. The van der Waals surface area contributed by atoms with Gasteiger partial charge in [-0.2, -0.15) is 13.2 Å². The molecule has 0 bridgehead atoms. The maximum atomic E-state index is 12.8. The third kappa shape index (κ3) is 3.85. The van der Waals surface area contributed by atoms with E-state index in [0.29, 0.717) is 18.9 Å². The van der Waals surface area contributed by atoms with Crippen LogP contribution in [0.5, 0.6) is 0 Å². The average Bonchev–Trinajstić information content (AvgIpc) is 2.38. The molecule has 0 amide bonds. The van der Waals surface area contributed by atoms with Crippen LogP contribution in [0.15, 0.2) is 18.2 Å². The van der Waals surface area contributed by atoms with Crippen molar-refractivity contribution >= 4 is 22.9 Å². The third-order valence-electron chi connectivity index (χ3n) is 3.49. The van der Waals surface area contributed by atoms with Crippen LogP contribution >= 0.6 is 12.2 Å². The fourth-order valence-electron chi connectivity index (χ4n) is 2.39. The third-order valence-corrected chi connectivity index (χ3v) is 3.71. The van der Waals surface area contributed by atoms with Crippen molar-refractivity contribution < 1.29 is 17.9 Å². The molecule has 0 radical (unpaired) electrons. The highest BCUT2D eigenvalue weighted by Crippen LogP contribution is 2.33. The summed E-state index contributed by atoms with van der Waals surface area (Å²) < 4.78 is 43.7. The molecule has 3 N–H and O–H groups in total. The Labute approximate surface area is 126 Å². The van der Waals surface area contributed by atoms with E-state index in [9.17, 15) is 13.2 Å². The summed E-state index contributed by atoms with van der Waals surface area (Å²) in [5.41, 5.74) is 5.17. The summed E-state index contributed by atoms with van der Waals surface area (Å²) in [6, 6.07) is 3.38. The molecule has 1 saturated heterocycles. The molecule has 1 aliphatic heterocycles. The van der Waals surface area contributed by atoms with Crippen molar-refractivity contribution in [1.29, 1.82) is 0 Å². The highest BCUT2D eigenvalue weighted by Gasteiger charge is 2.33. The number of hydrogen-bond acceptors (Lipinski definition) is 3. The van der Waals surface area contributed by atoms with Crippen LogP contribution in [0.25, 0.3) is 0 Å². The van der Waals surface area contributed by atoms with Crippen LogP contribution in [0.3, 0.4) is 0 Å². The van der Waals surface area contributed by atoms with E-state index >= 15 is 0 Å². The maximum Gasteiger partial charge on any atom is 0.416 e. The second-order valence-corrected chi connectivity index (χ2v) is 5.90. The SMILES string of the molecule is CC1(Nc2ccc(C(F)(F)F)cc2C(N)=S)CCCOC1. The first-order valence-corrected chi connectivity index (χ1v) is 6.99.